The lowest BCUT2D eigenvalue weighted by atomic mass is 10.2. The number of benzene rings is 1. The largest absolute Gasteiger partial charge is 0.573 e. The molecule has 0 spiro atoms. The molecule has 9 heteroatoms. The molecule has 1 rings (SSSR count). The van der Waals surface area contributed by atoms with E-state index in [2.05, 4.69) is 4.74 Å². The average Bonchev–Trinajstić information content (AvgIpc) is 2.05. The number of rotatable bonds is 3. The maximum Gasteiger partial charge on any atom is 0.573 e. The van der Waals surface area contributed by atoms with Crippen molar-refractivity contribution in [2.24, 2.45) is 0 Å². The maximum absolute atomic E-state index is 11.9. The van der Waals surface area contributed by atoms with Crippen molar-refractivity contribution in [3.05, 3.63) is 28.8 Å². The normalized spacial score (nSPS) is 12.5. The number of hydrogen-bond donors (Lipinski definition) is 0. The van der Waals surface area contributed by atoms with Gasteiger partial charge < -0.3 is 4.74 Å². The van der Waals surface area contributed by atoms with Crippen LogP contribution < -0.4 is 4.74 Å². The van der Waals surface area contributed by atoms with Gasteiger partial charge >= 0.3 is 6.36 Å². The smallest absolute Gasteiger partial charge is 0.404 e. The first-order valence-electron chi connectivity index (χ1n) is 4.03. The highest BCUT2D eigenvalue weighted by Gasteiger charge is 2.32. The summed E-state index contributed by atoms with van der Waals surface area (Å²) < 4.78 is 60.8. The summed E-state index contributed by atoms with van der Waals surface area (Å²) in [6, 6.07) is 3.10. The van der Waals surface area contributed by atoms with E-state index in [9.17, 15) is 21.6 Å². The molecule has 0 aliphatic rings. The Hall–Kier alpha value is -0.660. The van der Waals surface area contributed by atoms with Gasteiger partial charge in [-0.25, -0.2) is 8.42 Å². The van der Waals surface area contributed by atoms with Crippen molar-refractivity contribution in [3.63, 3.8) is 0 Å². The molecule has 0 amide bonds. The summed E-state index contributed by atoms with van der Waals surface area (Å²) in [5.41, 5.74) is 0.166. The fraction of sp³-hybridized carbons (Fsp3) is 0.250. The molecule has 0 heterocycles. The molecule has 0 aromatic heterocycles. The Morgan fingerprint density at radius 2 is 1.88 bits per heavy atom. The monoisotopic (exact) mass is 308 g/mol. The Kier molecular flexibility index (Phi) is 4.16. The summed E-state index contributed by atoms with van der Waals surface area (Å²) in [5.74, 6) is -1.13. The highest BCUT2D eigenvalue weighted by atomic mass is 35.7. The predicted octanol–water partition coefficient (Wildman–Crippen LogP) is 3.31. The third-order valence-electron chi connectivity index (χ3n) is 1.56. The molecule has 3 nitrogen and oxygen atoms in total. The second kappa shape index (κ2) is 4.91. The van der Waals surface area contributed by atoms with Gasteiger partial charge in [0.1, 0.15) is 5.75 Å². The lowest BCUT2D eigenvalue weighted by molar-refractivity contribution is -0.274. The zero-order chi connectivity index (χ0) is 13.3. The Bertz CT molecular complexity index is 513. The van der Waals surface area contributed by atoms with E-state index in [1.807, 2.05) is 0 Å². The van der Waals surface area contributed by atoms with Gasteiger partial charge in [-0.2, -0.15) is 0 Å². The van der Waals surface area contributed by atoms with Gasteiger partial charge in [-0.15, -0.1) is 13.2 Å². The number of alkyl halides is 3. The SMILES string of the molecule is O=S(=O)(Cl)Cc1ccc(OC(F)(F)F)c(Cl)c1. The van der Waals surface area contributed by atoms with Crippen molar-refractivity contribution in [2.75, 3.05) is 0 Å². The molecule has 17 heavy (non-hydrogen) atoms. The summed E-state index contributed by atoms with van der Waals surface area (Å²) in [5, 5.41) is -0.347. The molecule has 1 aromatic carbocycles. The molecular formula is C8H5Cl2F3O3S. The first-order chi connectivity index (χ1) is 7.57. The molecule has 0 saturated heterocycles. The number of halogens is 5. The van der Waals surface area contributed by atoms with Crippen LogP contribution in [0.15, 0.2) is 18.2 Å². The van der Waals surface area contributed by atoms with E-state index in [1.165, 1.54) is 0 Å². The molecule has 0 bridgehead atoms. The van der Waals surface area contributed by atoms with E-state index in [0.29, 0.717) is 0 Å². The van der Waals surface area contributed by atoms with Crippen LogP contribution >= 0.6 is 22.3 Å². The van der Waals surface area contributed by atoms with Crippen LogP contribution in [0, 0.1) is 0 Å². The van der Waals surface area contributed by atoms with Crippen LogP contribution in [0.1, 0.15) is 5.56 Å². The fourth-order valence-corrected chi connectivity index (χ4v) is 2.24. The Morgan fingerprint density at radius 1 is 1.29 bits per heavy atom. The average molecular weight is 309 g/mol. The number of hydrogen-bond acceptors (Lipinski definition) is 3. The van der Waals surface area contributed by atoms with Crippen molar-refractivity contribution >= 4 is 31.3 Å². The molecule has 0 aliphatic heterocycles. The topological polar surface area (TPSA) is 43.4 Å². The zero-order valence-electron chi connectivity index (χ0n) is 7.96. The predicted molar refractivity (Wildman–Crippen MR) is 56.6 cm³/mol. The highest BCUT2D eigenvalue weighted by molar-refractivity contribution is 8.13. The van der Waals surface area contributed by atoms with E-state index < -0.39 is 26.9 Å². The van der Waals surface area contributed by atoms with Crippen molar-refractivity contribution < 1.29 is 26.3 Å². The van der Waals surface area contributed by atoms with Crippen LogP contribution in [-0.4, -0.2) is 14.8 Å². The Labute approximate surface area is 105 Å². The van der Waals surface area contributed by atoms with Crippen LogP contribution in [0.3, 0.4) is 0 Å². The quantitative estimate of drug-likeness (QED) is 0.805. The van der Waals surface area contributed by atoms with Crippen LogP contribution in [0.4, 0.5) is 13.2 Å². The van der Waals surface area contributed by atoms with Crippen molar-refractivity contribution in [1.82, 2.24) is 0 Å². The zero-order valence-corrected chi connectivity index (χ0v) is 10.3. The van der Waals surface area contributed by atoms with Crippen LogP contribution in [-0.2, 0) is 14.8 Å². The minimum absolute atomic E-state index is 0.166. The first-order valence-corrected chi connectivity index (χ1v) is 6.89. The summed E-state index contributed by atoms with van der Waals surface area (Å²) >= 11 is 5.50. The third-order valence-corrected chi connectivity index (χ3v) is 2.86. The molecule has 0 aliphatic carbocycles. The lowest BCUT2D eigenvalue weighted by Crippen LogP contribution is -2.17. The van der Waals surface area contributed by atoms with Crippen molar-refractivity contribution in [3.8, 4) is 5.75 Å². The van der Waals surface area contributed by atoms with E-state index in [-0.39, 0.29) is 10.6 Å². The minimum atomic E-state index is -4.86. The highest BCUT2D eigenvalue weighted by Crippen LogP contribution is 2.31. The Morgan fingerprint density at radius 3 is 2.29 bits per heavy atom. The molecular weight excluding hydrogens is 304 g/mol. The van der Waals surface area contributed by atoms with E-state index in [4.69, 9.17) is 22.3 Å². The molecule has 0 N–H and O–H groups in total. The summed E-state index contributed by atoms with van der Waals surface area (Å²) in [6.45, 7) is 0. The van der Waals surface area contributed by atoms with Gasteiger partial charge in [-0.1, -0.05) is 17.7 Å². The summed E-state index contributed by atoms with van der Waals surface area (Å²) in [4.78, 5) is 0. The van der Waals surface area contributed by atoms with Gasteiger partial charge in [0.25, 0.3) is 0 Å². The maximum atomic E-state index is 11.9. The summed E-state index contributed by atoms with van der Waals surface area (Å²) in [6.07, 6.45) is -4.86. The molecule has 1 aromatic rings. The van der Waals surface area contributed by atoms with Crippen LogP contribution in [0.2, 0.25) is 5.02 Å². The van der Waals surface area contributed by atoms with Crippen molar-refractivity contribution in [1.29, 1.82) is 0 Å². The Balaban J connectivity index is 2.94. The molecule has 0 saturated carbocycles. The molecule has 0 atom stereocenters. The van der Waals surface area contributed by atoms with E-state index in [0.717, 1.165) is 18.2 Å². The van der Waals surface area contributed by atoms with Gasteiger partial charge in [0.05, 0.1) is 10.8 Å². The third kappa shape index (κ3) is 5.47. The van der Waals surface area contributed by atoms with Gasteiger partial charge in [0, 0.05) is 10.7 Å². The summed E-state index contributed by atoms with van der Waals surface area (Å²) in [7, 11) is 1.19. The van der Waals surface area contributed by atoms with Gasteiger partial charge in [-0.3, -0.25) is 0 Å². The van der Waals surface area contributed by atoms with Gasteiger partial charge in [0.15, 0.2) is 0 Å². The van der Waals surface area contributed by atoms with Crippen LogP contribution in [0.5, 0.6) is 5.75 Å². The molecule has 0 unspecified atom stereocenters. The molecule has 96 valence electrons. The minimum Gasteiger partial charge on any atom is -0.404 e. The lowest BCUT2D eigenvalue weighted by Gasteiger charge is -2.10. The van der Waals surface area contributed by atoms with E-state index in [1.54, 1.807) is 0 Å². The first kappa shape index (κ1) is 14.4. The van der Waals surface area contributed by atoms with E-state index >= 15 is 0 Å². The molecule has 0 fully saturated rings. The number of ether oxygens (including phenoxy) is 1. The van der Waals surface area contributed by atoms with Gasteiger partial charge in [-0.05, 0) is 17.7 Å². The second-order valence-corrected chi connectivity index (χ2v) is 6.18. The standard InChI is InChI=1S/C8H5Cl2F3O3S/c9-6-3-5(4-17(10,14)15)1-2-7(6)16-8(11,12)13/h1-3H,4H2. The van der Waals surface area contributed by atoms with Crippen LogP contribution in [0.25, 0.3) is 0 Å². The van der Waals surface area contributed by atoms with Gasteiger partial charge in [0.2, 0.25) is 9.05 Å². The second-order valence-electron chi connectivity index (χ2n) is 3.00. The fourth-order valence-electron chi connectivity index (χ4n) is 1.04. The molecule has 0 radical (unpaired) electrons. The van der Waals surface area contributed by atoms with Crippen molar-refractivity contribution in [2.45, 2.75) is 12.1 Å².